The molecule has 25 heavy (non-hydrogen) atoms. The second-order valence-electron chi connectivity index (χ2n) is 8.33. The fourth-order valence-electron chi connectivity index (χ4n) is 3.05. The fourth-order valence-corrected chi connectivity index (χ4v) is 3.05. The zero-order valence-corrected chi connectivity index (χ0v) is 17.2. The van der Waals surface area contributed by atoms with E-state index in [1.807, 2.05) is 20.8 Å². The van der Waals surface area contributed by atoms with Crippen molar-refractivity contribution in [1.29, 1.82) is 0 Å². The van der Waals surface area contributed by atoms with Crippen LogP contribution in [0.2, 0.25) is 0 Å². The summed E-state index contributed by atoms with van der Waals surface area (Å²) in [5, 5.41) is 0. The molecule has 0 aromatic rings. The van der Waals surface area contributed by atoms with Gasteiger partial charge >= 0.3 is 5.97 Å². The van der Waals surface area contributed by atoms with E-state index in [0.29, 0.717) is 6.42 Å². The molecule has 0 rings (SSSR count). The minimum atomic E-state index is -0.355. The van der Waals surface area contributed by atoms with Crippen molar-refractivity contribution < 1.29 is 13.9 Å². The average Bonchev–Trinajstić information content (AvgIpc) is 2.53. The van der Waals surface area contributed by atoms with E-state index >= 15 is 0 Å². The van der Waals surface area contributed by atoms with Crippen LogP contribution in [-0.4, -0.2) is 18.2 Å². The predicted octanol–water partition coefficient (Wildman–Crippen LogP) is 7.54. The Balaban J connectivity index is 3.13. The standard InChI is InChI=1S/C22H43FO2/c1-22(2,3)25-21(24)19-17-15-13-11-9-7-5-4-6-8-10-12-14-16-18-20-23/h4-20H2,1-3H3. The van der Waals surface area contributed by atoms with Crippen LogP contribution in [0.25, 0.3) is 0 Å². The van der Waals surface area contributed by atoms with E-state index in [9.17, 15) is 9.18 Å². The molecule has 0 saturated carbocycles. The summed E-state index contributed by atoms with van der Waals surface area (Å²) in [5.74, 6) is -0.0603. The van der Waals surface area contributed by atoms with Gasteiger partial charge in [-0.15, -0.1) is 0 Å². The van der Waals surface area contributed by atoms with Gasteiger partial charge in [0.15, 0.2) is 0 Å². The molecule has 3 heteroatoms. The van der Waals surface area contributed by atoms with Crippen molar-refractivity contribution in [2.45, 2.75) is 129 Å². The van der Waals surface area contributed by atoms with Gasteiger partial charge in [0.2, 0.25) is 0 Å². The molecule has 150 valence electrons. The van der Waals surface area contributed by atoms with E-state index in [2.05, 4.69) is 0 Å². The van der Waals surface area contributed by atoms with E-state index < -0.39 is 0 Å². The predicted molar refractivity (Wildman–Crippen MR) is 106 cm³/mol. The molecule has 0 aliphatic rings. The van der Waals surface area contributed by atoms with Crippen molar-refractivity contribution in [2.75, 3.05) is 6.67 Å². The lowest BCUT2D eigenvalue weighted by Gasteiger charge is -2.19. The zero-order chi connectivity index (χ0) is 18.8. The first-order valence-corrected chi connectivity index (χ1v) is 10.7. The van der Waals surface area contributed by atoms with Crippen LogP contribution >= 0.6 is 0 Å². The topological polar surface area (TPSA) is 26.3 Å². The molecule has 0 amide bonds. The normalized spacial score (nSPS) is 11.7. The van der Waals surface area contributed by atoms with Crippen LogP contribution in [0.15, 0.2) is 0 Å². The van der Waals surface area contributed by atoms with E-state index in [4.69, 9.17) is 4.74 Å². The maximum Gasteiger partial charge on any atom is 0.306 e. The molecular weight excluding hydrogens is 315 g/mol. The summed E-state index contributed by atoms with van der Waals surface area (Å²) in [6.45, 7) is 5.60. The van der Waals surface area contributed by atoms with E-state index in [0.717, 1.165) is 25.7 Å². The number of halogens is 1. The van der Waals surface area contributed by atoms with Gasteiger partial charge in [0.05, 0.1) is 6.67 Å². The lowest BCUT2D eigenvalue weighted by atomic mass is 10.0. The molecule has 0 bridgehead atoms. The second kappa shape index (κ2) is 16.8. The Morgan fingerprint density at radius 3 is 1.28 bits per heavy atom. The van der Waals surface area contributed by atoms with Crippen molar-refractivity contribution in [1.82, 2.24) is 0 Å². The third-order valence-electron chi connectivity index (χ3n) is 4.43. The van der Waals surface area contributed by atoms with E-state index in [1.165, 1.54) is 70.6 Å². The van der Waals surface area contributed by atoms with Crippen LogP contribution in [-0.2, 0) is 9.53 Å². The van der Waals surface area contributed by atoms with Crippen LogP contribution in [0.5, 0.6) is 0 Å². The van der Waals surface area contributed by atoms with Crippen LogP contribution in [0.1, 0.15) is 124 Å². The lowest BCUT2D eigenvalue weighted by molar-refractivity contribution is -0.154. The summed E-state index contributed by atoms with van der Waals surface area (Å²) >= 11 is 0. The highest BCUT2D eigenvalue weighted by molar-refractivity contribution is 5.69. The summed E-state index contributed by atoms with van der Waals surface area (Å²) in [7, 11) is 0. The third kappa shape index (κ3) is 21.4. The zero-order valence-electron chi connectivity index (χ0n) is 17.2. The Hall–Kier alpha value is -0.600. The minimum absolute atomic E-state index is 0.0603. The smallest absolute Gasteiger partial charge is 0.306 e. The summed E-state index contributed by atoms with van der Waals surface area (Å²) in [5.41, 5.74) is -0.355. The molecule has 0 saturated heterocycles. The number of hydrogen-bond acceptors (Lipinski definition) is 2. The van der Waals surface area contributed by atoms with Gasteiger partial charge in [-0.2, -0.15) is 0 Å². The van der Waals surface area contributed by atoms with E-state index in [1.54, 1.807) is 0 Å². The molecule has 2 nitrogen and oxygen atoms in total. The molecule has 0 atom stereocenters. The maximum absolute atomic E-state index is 11.9. The van der Waals surface area contributed by atoms with Crippen molar-refractivity contribution >= 4 is 5.97 Å². The molecule has 0 radical (unpaired) electrons. The van der Waals surface area contributed by atoms with Crippen LogP contribution < -0.4 is 0 Å². The first-order valence-electron chi connectivity index (χ1n) is 10.7. The van der Waals surface area contributed by atoms with Crippen LogP contribution in [0.3, 0.4) is 0 Å². The highest BCUT2D eigenvalue weighted by atomic mass is 19.1. The van der Waals surface area contributed by atoms with Gasteiger partial charge in [-0.1, -0.05) is 83.5 Å². The van der Waals surface area contributed by atoms with Gasteiger partial charge in [-0.25, -0.2) is 0 Å². The van der Waals surface area contributed by atoms with Crippen molar-refractivity contribution in [2.24, 2.45) is 0 Å². The monoisotopic (exact) mass is 358 g/mol. The molecule has 0 spiro atoms. The Kier molecular flexibility index (Phi) is 16.4. The number of esters is 1. The first-order chi connectivity index (χ1) is 12.0. The molecule has 0 aliphatic carbocycles. The van der Waals surface area contributed by atoms with Gasteiger partial charge in [0.25, 0.3) is 0 Å². The summed E-state index contributed by atoms with van der Waals surface area (Å²) in [4.78, 5) is 11.6. The Morgan fingerprint density at radius 2 is 0.960 bits per heavy atom. The Labute approximate surface area is 156 Å². The van der Waals surface area contributed by atoms with Gasteiger partial charge in [0, 0.05) is 6.42 Å². The Bertz CT molecular complexity index is 297. The third-order valence-corrected chi connectivity index (χ3v) is 4.43. The number of alkyl halides is 1. The average molecular weight is 359 g/mol. The summed E-state index contributed by atoms with van der Waals surface area (Å²) < 4.78 is 17.2. The van der Waals surface area contributed by atoms with Gasteiger partial charge in [0.1, 0.15) is 5.60 Å². The van der Waals surface area contributed by atoms with Crippen LogP contribution in [0, 0.1) is 0 Å². The molecule has 0 unspecified atom stereocenters. The van der Waals surface area contributed by atoms with Gasteiger partial charge < -0.3 is 4.74 Å². The van der Waals surface area contributed by atoms with Crippen molar-refractivity contribution in [3.63, 3.8) is 0 Å². The van der Waals surface area contributed by atoms with Crippen molar-refractivity contribution in [3.05, 3.63) is 0 Å². The summed E-state index contributed by atoms with van der Waals surface area (Å²) in [6, 6.07) is 0. The molecule has 0 aromatic heterocycles. The van der Waals surface area contributed by atoms with Crippen LogP contribution in [0.4, 0.5) is 4.39 Å². The number of carbonyl (C=O) groups is 1. The number of ether oxygens (including phenoxy) is 1. The lowest BCUT2D eigenvalue weighted by Crippen LogP contribution is -2.23. The second-order valence-corrected chi connectivity index (χ2v) is 8.33. The van der Waals surface area contributed by atoms with E-state index in [-0.39, 0.29) is 18.2 Å². The highest BCUT2D eigenvalue weighted by Gasteiger charge is 2.15. The van der Waals surface area contributed by atoms with Gasteiger partial charge in [-0.3, -0.25) is 9.18 Å². The number of rotatable bonds is 17. The Morgan fingerprint density at radius 1 is 0.640 bits per heavy atom. The molecule has 0 fully saturated rings. The van der Waals surface area contributed by atoms with Crippen molar-refractivity contribution in [3.8, 4) is 0 Å². The highest BCUT2D eigenvalue weighted by Crippen LogP contribution is 2.14. The quantitative estimate of drug-likeness (QED) is 0.198. The number of unbranched alkanes of at least 4 members (excludes halogenated alkanes) is 14. The molecule has 0 heterocycles. The first kappa shape index (κ1) is 24.4. The minimum Gasteiger partial charge on any atom is -0.460 e. The maximum atomic E-state index is 11.9. The largest absolute Gasteiger partial charge is 0.460 e. The molecule has 0 N–H and O–H groups in total. The summed E-state index contributed by atoms with van der Waals surface area (Å²) in [6.07, 6.45) is 18.9. The molecular formula is C22H43FO2. The fraction of sp³-hybridized carbons (Fsp3) is 0.955. The molecule has 0 aromatic carbocycles. The number of hydrogen-bond donors (Lipinski definition) is 0. The van der Waals surface area contributed by atoms with Gasteiger partial charge in [-0.05, 0) is 33.6 Å². The molecule has 0 aliphatic heterocycles. The number of carbonyl (C=O) groups excluding carboxylic acids is 1. The SMILES string of the molecule is CC(C)(C)OC(=O)CCCCCCCCCCCCCCCCCF.